The Morgan fingerprint density at radius 1 is 1.17 bits per heavy atom. The van der Waals surface area contributed by atoms with Crippen molar-refractivity contribution in [1.29, 1.82) is 0 Å². The summed E-state index contributed by atoms with van der Waals surface area (Å²) in [6.07, 6.45) is 0.538. The number of hydrogen-bond donors (Lipinski definition) is 1. The van der Waals surface area contributed by atoms with E-state index in [2.05, 4.69) is 5.32 Å². The Kier molecular flexibility index (Phi) is 10.0. The number of ether oxygens (including phenoxy) is 1. The molecule has 0 heterocycles. The maximum absolute atomic E-state index is 13.1. The zero-order valence-electron chi connectivity index (χ0n) is 17.7. The lowest BCUT2D eigenvalue weighted by Gasteiger charge is -2.30. The molecule has 0 aliphatic heterocycles. The van der Waals surface area contributed by atoms with E-state index in [1.165, 1.54) is 11.8 Å². The van der Waals surface area contributed by atoms with Crippen molar-refractivity contribution < 1.29 is 14.3 Å². The Balaban J connectivity index is 2.14. The maximum Gasteiger partial charge on any atom is 0.242 e. The third-order valence-corrected chi connectivity index (χ3v) is 6.00. The van der Waals surface area contributed by atoms with Crippen LogP contribution in [0, 0.1) is 0 Å². The molecule has 0 saturated heterocycles. The van der Waals surface area contributed by atoms with E-state index in [1.54, 1.807) is 12.0 Å². The highest BCUT2D eigenvalue weighted by molar-refractivity contribution is 7.99. The van der Waals surface area contributed by atoms with Crippen LogP contribution in [-0.4, -0.2) is 42.2 Å². The summed E-state index contributed by atoms with van der Waals surface area (Å²) in [7, 11) is 1.61. The van der Waals surface area contributed by atoms with E-state index in [-0.39, 0.29) is 17.6 Å². The minimum absolute atomic E-state index is 0.0759. The van der Waals surface area contributed by atoms with Gasteiger partial charge in [-0.3, -0.25) is 9.59 Å². The van der Waals surface area contributed by atoms with E-state index < -0.39 is 6.04 Å². The second kappa shape index (κ2) is 12.5. The van der Waals surface area contributed by atoms with Crippen LogP contribution in [0.2, 0.25) is 5.02 Å². The first-order valence-corrected chi connectivity index (χ1v) is 11.5. The van der Waals surface area contributed by atoms with Crippen LogP contribution in [0.25, 0.3) is 0 Å². The van der Waals surface area contributed by atoms with Crippen molar-refractivity contribution in [2.75, 3.05) is 19.4 Å². The van der Waals surface area contributed by atoms with Gasteiger partial charge in [0.05, 0.1) is 12.9 Å². The Morgan fingerprint density at radius 3 is 2.60 bits per heavy atom. The van der Waals surface area contributed by atoms with Gasteiger partial charge in [-0.05, 0) is 42.7 Å². The van der Waals surface area contributed by atoms with Crippen molar-refractivity contribution in [2.45, 2.75) is 38.6 Å². The summed E-state index contributed by atoms with van der Waals surface area (Å²) in [6, 6.07) is 14.7. The predicted molar refractivity (Wildman–Crippen MR) is 124 cm³/mol. The smallest absolute Gasteiger partial charge is 0.242 e. The number of halogens is 1. The van der Waals surface area contributed by atoms with Gasteiger partial charge >= 0.3 is 0 Å². The lowest BCUT2D eigenvalue weighted by atomic mass is 10.1. The Labute approximate surface area is 188 Å². The molecule has 2 amide bonds. The maximum atomic E-state index is 13.1. The number of nitrogens with zero attached hydrogens (tertiary/aromatic N) is 1. The number of nitrogens with one attached hydrogen (secondary N) is 1. The molecular formula is C23H29ClN2O3S. The minimum Gasteiger partial charge on any atom is -0.497 e. The number of hydrogen-bond acceptors (Lipinski definition) is 4. The number of carbonyl (C=O) groups is 2. The lowest BCUT2D eigenvalue weighted by Crippen LogP contribution is -2.49. The largest absolute Gasteiger partial charge is 0.497 e. The Hall–Kier alpha value is -2.18. The number of benzene rings is 2. The molecule has 0 bridgehead atoms. The van der Waals surface area contributed by atoms with Crippen molar-refractivity contribution in [3.05, 3.63) is 64.7 Å². The van der Waals surface area contributed by atoms with Crippen molar-refractivity contribution in [3.8, 4) is 5.75 Å². The zero-order valence-corrected chi connectivity index (χ0v) is 19.3. The SMILES string of the molecule is CCNC(=O)[C@H](CC)N(Cc1cccc(OC)c1)C(=O)CSCc1ccccc1Cl. The van der Waals surface area contributed by atoms with Gasteiger partial charge < -0.3 is 15.0 Å². The van der Waals surface area contributed by atoms with Crippen LogP contribution < -0.4 is 10.1 Å². The van der Waals surface area contributed by atoms with E-state index in [9.17, 15) is 9.59 Å². The molecule has 0 fully saturated rings. The highest BCUT2D eigenvalue weighted by Gasteiger charge is 2.28. The molecule has 162 valence electrons. The molecule has 0 aliphatic carbocycles. The molecule has 2 aromatic rings. The second-order valence-corrected chi connectivity index (χ2v) is 8.17. The molecule has 0 spiro atoms. The predicted octanol–water partition coefficient (Wildman–Crippen LogP) is 4.53. The van der Waals surface area contributed by atoms with Crippen LogP contribution in [0.5, 0.6) is 5.75 Å². The van der Waals surface area contributed by atoms with Crippen LogP contribution in [0.1, 0.15) is 31.4 Å². The van der Waals surface area contributed by atoms with Crippen molar-refractivity contribution in [2.24, 2.45) is 0 Å². The highest BCUT2D eigenvalue weighted by Crippen LogP contribution is 2.22. The van der Waals surface area contributed by atoms with Gasteiger partial charge in [0.1, 0.15) is 11.8 Å². The number of amides is 2. The second-order valence-electron chi connectivity index (χ2n) is 6.78. The van der Waals surface area contributed by atoms with Gasteiger partial charge in [0.2, 0.25) is 11.8 Å². The average molecular weight is 449 g/mol. The van der Waals surface area contributed by atoms with E-state index in [1.807, 2.05) is 62.4 Å². The highest BCUT2D eigenvalue weighted by atomic mass is 35.5. The number of likely N-dealkylation sites (N-methyl/N-ethyl adjacent to an activating group) is 1. The normalized spacial score (nSPS) is 11.6. The molecule has 30 heavy (non-hydrogen) atoms. The monoisotopic (exact) mass is 448 g/mol. The molecule has 0 aromatic heterocycles. The third kappa shape index (κ3) is 6.96. The fourth-order valence-electron chi connectivity index (χ4n) is 3.13. The lowest BCUT2D eigenvalue weighted by molar-refractivity contribution is -0.139. The van der Waals surface area contributed by atoms with Gasteiger partial charge in [-0.25, -0.2) is 0 Å². The van der Waals surface area contributed by atoms with E-state index in [0.29, 0.717) is 30.3 Å². The van der Waals surface area contributed by atoms with Crippen LogP contribution in [0.3, 0.4) is 0 Å². The average Bonchev–Trinajstić information content (AvgIpc) is 2.75. The van der Waals surface area contributed by atoms with Crippen LogP contribution in [-0.2, 0) is 21.9 Å². The molecule has 1 N–H and O–H groups in total. The van der Waals surface area contributed by atoms with Crippen molar-refractivity contribution in [3.63, 3.8) is 0 Å². The molecule has 0 saturated carbocycles. The third-order valence-electron chi connectivity index (χ3n) is 4.66. The van der Waals surface area contributed by atoms with E-state index in [0.717, 1.165) is 16.9 Å². The molecule has 1 atom stereocenters. The van der Waals surface area contributed by atoms with E-state index in [4.69, 9.17) is 16.3 Å². The molecule has 0 unspecified atom stereocenters. The zero-order chi connectivity index (χ0) is 21.9. The first kappa shape index (κ1) is 24.1. The summed E-state index contributed by atoms with van der Waals surface area (Å²) in [6.45, 7) is 4.66. The van der Waals surface area contributed by atoms with Crippen molar-refractivity contribution >= 4 is 35.2 Å². The van der Waals surface area contributed by atoms with Gasteiger partial charge in [0.15, 0.2) is 0 Å². The molecule has 2 rings (SSSR count). The molecule has 2 aromatic carbocycles. The molecule has 0 aliphatic rings. The molecule has 0 radical (unpaired) electrons. The molecule has 5 nitrogen and oxygen atoms in total. The van der Waals surface area contributed by atoms with Crippen LogP contribution in [0.4, 0.5) is 0 Å². The number of carbonyl (C=O) groups excluding carboxylic acids is 2. The van der Waals surface area contributed by atoms with Crippen LogP contribution in [0.15, 0.2) is 48.5 Å². The Bertz CT molecular complexity index is 847. The fraction of sp³-hybridized carbons (Fsp3) is 0.391. The molecular weight excluding hydrogens is 420 g/mol. The summed E-state index contributed by atoms with van der Waals surface area (Å²) >= 11 is 7.71. The topological polar surface area (TPSA) is 58.6 Å². The summed E-state index contributed by atoms with van der Waals surface area (Å²) < 4.78 is 5.30. The van der Waals surface area contributed by atoms with Gasteiger partial charge in [0, 0.05) is 23.9 Å². The standard InChI is InChI=1S/C23H29ClN2O3S/c1-4-21(23(28)25-5-2)26(14-17-9-8-11-19(13-17)29-3)22(27)16-30-15-18-10-6-7-12-20(18)24/h6-13,21H,4-5,14-16H2,1-3H3,(H,25,28)/t21-/m0/s1. The summed E-state index contributed by atoms with van der Waals surface area (Å²) in [5, 5.41) is 3.54. The first-order chi connectivity index (χ1) is 14.5. The Morgan fingerprint density at radius 2 is 1.93 bits per heavy atom. The van der Waals surface area contributed by atoms with Crippen molar-refractivity contribution in [1.82, 2.24) is 10.2 Å². The summed E-state index contributed by atoms with van der Waals surface area (Å²) in [5.74, 6) is 1.42. The first-order valence-electron chi connectivity index (χ1n) is 10.0. The minimum atomic E-state index is -0.524. The number of methoxy groups -OCH3 is 1. The fourth-order valence-corrected chi connectivity index (χ4v) is 4.32. The summed E-state index contributed by atoms with van der Waals surface area (Å²) in [5.41, 5.74) is 1.91. The quantitative estimate of drug-likeness (QED) is 0.548. The summed E-state index contributed by atoms with van der Waals surface area (Å²) in [4.78, 5) is 27.4. The number of thioether (sulfide) groups is 1. The van der Waals surface area contributed by atoms with Crippen LogP contribution >= 0.6 is 23.4 Å². The molecule has 7 heteroatoms. The van der Waals surface area contributed by atoms with Gasteiger partial charge in [0.25, 0.3) is 0 Å². The van der Waals surface area contributed by atoms with Gasteiger partial charge in [-0.1, -0.05) is 48.9 Å². The van der Waals surface area contributed by atoms with Gasteiger partial charge in [-0.15, -0.1) is 11.8 Å². The van der Waals surface area contributed by atoms with Gasteiger partial charge in [-0.2, -0.15) is 0 Å². The number of rotatable bonds is 11. The van der Waals surface area contributed by atoms with E-state index >= 15 is 0 Å².